The van der Waals surface area contributed by atoms with Crippen molar-refractivity contribution in [2.24, 2.45) is 5.92 Å². The van der Waals surface area contributed by atoms with Gasteiger partial charge in [0.15, 0.2) is 0 Å². The van der Waals surface area contributed by atoms with Crippen LogP contribution in [-0.2, 0) is 6.42 Å². The van der Waals surface area contributed by atoms with Crippen molar-refractivity contribution in [3.63, 3.8) is 0 Å². The molecule has 0 heterocycles. The minimum absolute atomic E-state index is 0.650. The second kappa shape index (κ2) is 11.7. The van der Waals surface area contributed by atoms with Gasteiger partial charge in [-0.25, -0.2) is 0 Å². The number of methoxy groups -OCH3 is 1. The number of unbranched alkanes of at least 4 members (excludes halogenated alkanes) is 7. The summed E-state index contributed by atoms with van der Waals surface area (Å²) in [7, 11) is 1.73. The van der Waals surface area contributed by atoms with Gasteiger partial charge < -0.3 is 4.74 Å². The van der Waals surface area contributed by atoms with Crippen LogP contribution in [0.5, 0.6) is 5.75 Å². The quantitative estimate of drug-likeness (QED) is 0.415. The van der Waals surface area contributed by atoms with E-state index in [0.29, 0.717) is 5.92 Å². The minimum Gasteiger partial charge on any atom is -0.497 e. The molecule has 1 aromatic carbocycles. The molecule has 0 aliphatic rings. The largest absolute Gasteiger partial charge is 0.497 e. The summed E-state index contributed by atoms with van der Waals surface area (Å²) in [5, 5.41) is 0. The van der Waals surface area contributed by atoms with Crippen molar-refractivity contribution in [3.8, 4) is 5.75 Å². The van der Waals surface area contributed by atoms with E-state index in [9.17, 15) is 0 Å². The average molecular weight is 289 g/mol. The van der Waals surface area contributed by atoms with Gasteiger partial charge >= 0.3 is 0 Å². The van der Waals surface area contributed by atoms with Gasteiger partial charge in [-0.05, 0) is 42.9 Å². The lowest BCUT2D eigenvalue weighted by molar-refractivity contribution is 0.414. The van der Waals surface area contributed by atoms with Crippen LogP contribution < -0.4 is 4.74 Å². The summed E-state index contributed by atoms with van der Waals surface area (Å²) in [6.45, 7) is 4.60. The molecule has 1 atom stereocenters. The molecule has 0 aliphatic carbocycles. The van der Waals surface area contributed by atoms with Crippen LogP contribution in [0.2, 0.25) is 0 Å². The smallest absolute Gasteiger partial charge is 0.119 e. The Balaban J connectivity index is 2.07. The molecule has 0 bridgehead atoms. The van der Waals surface area contributed by atoms with E-state index in [0.717, 1.165) is 12.2 Å². The fraction of sp³-hybridized carbons (Fsp3) is 0.650. The van der Waals surface area contributed by atoms with Crippen molar-refractivity contribution < 1.29 is 4.74 Å². The van der Waals surface area contributed by atoms with Crippen molar-refractivity contribution in [2.45, 2.75) is 71.6 Å². The van der Waals surface area contributed by atoms with Crippen molar-refractivity contribution in [3.05, 3.63) is 36.2 Å². The number of rotatable bonds is 12. The number of ether oxygens (including phenoxy) is 1. The molecule has 1 radical (unpaired) electrons. The Morgan fingerprint density at radius 1 is 1.05 bits per heavy atom. The average Bonchev–Trinajstić information content (AvgIpc) is 2.50. The second-order valence-electron chi connectivity index (χ2n) is 6.18. The molecule has 0 saturated carbocycles. The minimum atomic E-state index is 0.650. The van der Waals surface area contributed by atoms with E-state index in [4.69, 9.17) is 4.74 Å². The van der Waals surface area contributed by atoms with Crippen molar-refractivity contribution in [2.75, 3.05) is 7.11 Å². The van der Waals surface area contributed by atoms with Gasteiger partial charge in [-0.15, -0.1) is 0 Å². The third-order valence-corrected chi connectivity index (χ3v) is 4.07. The molecule has 0 amide bonds. The maximum absolute atomic E-state index is 5.28. The van der Waals surface area contributed by atoms with Gasteiger partial charge in [0.2, 0.25) is 0 Å². The monoisotopic (exact) mass is 289 g/mol. The second-order valence-corrected chi connectivity index (χ2v) is 6.18. The van der Waals surface area contributed by atoms with Gasteiger partial charge in [0.05, 0.1) is 7.11 Å². The molecule has 0 spiro atoms. The van der Waals surface area contributed by atoms with Crippen LogP contribution in [0, 0.1) is 12.3 Å². The van der Waals surface area contributed by atoms with Crippen LogP contribution in [0.4, 0.5) is 0 Å². The Kier molecular flexibility index (Phi) is 10.0. The molecule has 0 saturated heterocycles. The number of hydrogen-bond donors (Lipinski definition) is 0. The molecule has 119 valence electrons. The fourth-order valence-corrected chi connectivity index (χ4v) is 2.76. The Morgan fingerprint density at radius 3 is 2.48 bits per heavy atom. The van der Waals surface area contributed by atoms with E-state index in [1.54, 1.807) is 7.11 Å². The number of benzene rings is 1. The van der Waals surface area contributed by atoms with Crippen LogP contribution in [0.3, 0.4) is 0 Å². The van der Waals surface area contributed by atoms with Crippen LogP contribution in [0.1, 0.15) is 70.8 Å². The molecule has 0 fully saturated rings. The molecule has 1 unspecified atom stereocenters. The first-order valence-electron chi connectivity index (χ1n) is 8.72. The predicted octanol–water partition coefficient (Wildman–Crippen LogP) is 6.22. The van der Waals surface area contributed by atoms with E-state index in [1.165, 1.54) is 56.9 Å². The summed E-state index contributed by atoms with van der Waals surface area (Å²) >= 11 is 0. The zero-order valence-corrected chi connectivity index (χ0v) is 14.2. The third kappa shape index (κ3) is 8.80. The molecule has 1 rings (SSSR count). The Labute approximate surface area is 132 Å². The highest BCUT2D eigenvalue weighted by atomic mass is 16.5. The van der Waals surface area contributed by atoms with Crippen LogP contribution >= 0.6 is 0 Å². The molecule has 0 aromatic heterocycles. The van der Waals surface area contributed by atoms with Gasteiger partial charge in [-0.2, -0.15) is 0 Å². The zero-order chi connectivity index (χ0) is 15.3. The Bertz CT molecular complexity index is 359. The van der Waals surface area contributed by atoms with Crippen LogP contribution in [0.15, 0.2) is 24.3 Å². The van der Waals surface area contributed by atoms with Crippen LogP contribution in [0.25, 0.3) is 0 Å². The summed E-state index contributed by atoms with van der Waals surface area (Å²) in [5.41, 5.74) is 1.37. The van der Waals surface area contributed by atoms with Crippen LogP contribution in [-0.4, -0.2) is 7.11 Å². The first-order chi connectivity index (χ1) is 10.3. The van der Waals surface area contributed by atoms with E-state index in [-0.39, 0.29) is 0 Å². The summed E-state index contributed by atoms with van der Waals surface area (Å²) in [6.07, 6.45) is 14.6. The highest BCUT2D eigenvalue weighted by Gasteiger charge is 2.05. The first-order valence-corrected chi connectivity index (χ1v) is 8.72. The van der Waals surface area contributed by atoms with Gasteiger partial charge in [-0.3, -0.25) is 0 Å². The van der Waals surface area contributed by atoms with Gasteiger partial charge in [0.25, 0.3) is 0 Å². The highest BCUT2D eigenvalue weighted by Crippen LogP contribution is 2.19. The summed E-state index contributed by atoms with van der Waals surface area (Å²) in [6, 6.07) is 8.44. The summed E-state index contributed by atoms with van der Waals surface area (Å²) < 4.78 is 5.28. The maximum atomic E-state index is 5.28. The lowest BCUT2D eigenvalue weighted by atomic mass is 9.95. The molecule has 0 N–H and O–H groups in total. The molecular weight excluding hydrogens is 256 g/mol. The highest BCUT2D eigenvalue weighted by molar-refractivity contribution is 5.28. The molecule has 1 nitrogen and oxygen atoms in total. The van der Waals surface area contributed by atoms with Gasteiger partial charge in [0.1, 0.15) is 5.75 Å². The molecule has 1 aromatic rings. The zero-order valence-electron chi connectivity index (χ0n) is 14.2. The van der Waals surface area contributed by atoms with E-state index in [2.05, 4.69) is 38.5 Å². The standard InChI is InChI=1S/C20H33O/c1-4-5-6-7-8-9-10-11-13-18(2)16-19-14-12-15-20(17-19)21-3/h12-15,17-18H,4-11,16H2,1-3H3. The van der Waals surface area contributed by atoms with Gasteiger partial charge in [-0.1, -0.05) is 70.9 Å². The third-order valence-electron chi connectivity index (χ3n) is 4.07. The molecule has 0 aliphatic heterocycles. The van der Waals surface area contributed by atoms with E-state index < -0.39 is 0 Å². The van der Waals surface area contributed by atoms with E-state index in [1.807, 2.05) is 6.07 Å². The topological polar surface area (TPSA) is 9.23 Å². The van der Waals surface area contributed by atoms with Gasteiger partial charge in [0, 0.05) is 0 Å². The normalized spacial score (nSPS) is 12.3. The lowest BCUT2D eigenvalue weighted by Gasteiger charge is -2.12. The molecule has 1 heteroatoms. The summed E-state index contributed by atoms with van der Waals surface area (Å²) in [4.78, 5) is 0. The SMILES string of the molecule is CCCCCCCCC[CH]C(C)Cc1cccc(OC)c1. The molecular formula is C20H33O. The first kappa shape index (κ1) is 18.1. The Hall–Kier alpha value is -0.980. The van der Waals surface area contributed by atoms with Crippen molar-refractivity contribution >= 4 is 0 Å². The predicted molar refractivity (Wildman–Crippen MR) is 92.8 cm³/mol. The lowest BCUT2D eigenvalue weighted by Crippen LogP contribution is -2.01. The summed E-state index contributed by atoms with van der Waals surface area (Å²) in [5.74, 6) is 1.61. The maximum Gasteiger partial charge on any atom is 0.119 e. The molecule has 21 heavy (non-hydrogen) atoms. The Morgan fingerprint density at radius 2 is 1.76 bits per heavy atom. The fourth-order valence-electron chi connectivity index (χ4n) is 2.76. The number of hydrogen-bond acceptors (Lipinski definition) is 1. The van der Waals surface area contributed by atoms with Crippen molar-refractivity contribution in [1.82, 2.24) is 0 Å². The van der Waals surface area contributed by atoms with Crippen molar-refractivity contribution in [1.29, 1.82) is 0 Å². The van der Waals surface area contributed by atoms with E-state index >= 15 is 0 Å².